The molecule has 5 heteroatoms. The number of nitrogens with one attached hydrogen (secondary N) is 1. The zero-order valence-electron chi connectivity index (χ0n) is 10.5. The van der Waals surface area contributed by atoms with E-state index in [1.54, 1.807) is 6.07 Å². The predicted octanol–water partition coefficient (Wildman–Crippen LogP) is 2.12. The van der Waals surface area contributed by atoms with Crippen LogP contribution in [0.25, 0.3) is 0 Å². The number of furan rings is 1. The molecule has 0 radical (unpaired) electrons. The Morgan fingerprint density at radius 3 is 2.78 bits per heavy atom. The van der Waals surface area contributed by atoms with Gasteiger partial charge in [-0.05, 0) is 18.9 Å². The van der Waals surface area contributed by atoms with Crippen LogP contribution in [-0.2, 0) is 11.3 Å². The first-order valence-electron chi connectivity index (χ1n) is 6.49. The van der Waals surface area contributed by atoms with E-state index in [0.29, 0.717) is 24.0 Å². The maximum atomic E-state index is 11.2. The SMILES string of the molecule is NNC(=O)c1coc(COC2CCCCCC2)c1. The molecule has 18 heavy (non-hydrogen) atoms. The van der Waals surface area contributed by atoms with Crippen molar-refractivity contribution in [2.75, 3.05) is 0 Å². The molecule has 2 rings (SSSR count). The van der Waals surface area contributed by atoms with Crippen LogP contribution < -0.4 is 11.3 Å². The maximum absolute atomic E-state index is 11.2. The van der Waals surface area contributed by atoms with Gasteiger partial charge >= 0.3 is 0 Å². The number of carbonyl (C=O) groups excluding carboxylic acids is 1. The second-order valence-corrected chi connectivity index (χ2v) is 4.70. The third-order valence-corrected chi connectivity index (χ3v) is 3.31. The second-order valence-electron chi connectivity index (χ2n) is 4.70. The molecule has 0 bridgehead atoms. The van der Waals surface area contributed by atoms with Gasteiger partial charge in [0.1, 0.15) is 18.6 Å². The summed E-state index contributed by atoms with van der Waals surface area (Å²) in [5, 5.41) is 0. The van der Waals surface area contributed by atoms with Crippen molar-refractivity contribution in [2.24, 2.45) is 5.84 Å². The Hall–Kier alpha value is -1.33. The summed E-state index contributed by atoms with van der Waals surface area (Å²) in [4.78, 5) is 11.2. The lowest BCUT2D eigenvalue weighted by Gasteiger charge is -2.13. The Morgan fingerprint density at radius 2 is 2.11 bits per heavy atom. The van der Waals surface area contributed by atoms with Crippen LogP contribution in [0.3, 0.4) is 0 Å². The normalized spacial score (nSPS) is 17.4. The molecule has 0 aliphatic heterocycles. The fourth-order valence-electron chi connectivity index (χ4n) is 2.27. The summed E-state index contributed by atoms with van der Waals surface area (Å²) in [6.45, 7) is 0.419. The number of nitrogen functional groups attached to an aromatic ring is 1. The second kappa shape index (κ2) is 6.56. The minimum absolute atomic E-state index is 0.324. The lowest BCUT2D eigenvalue weighted by atomic mass is 10.1. The van der Waals surface area contributed by atoms with Gasteiger partial charge in [-0.2, -0.15) is 0 Å². The average Bonchev–Trinajstić information content (AvgIpc) is 2.71. The van der Waals surface area contributed by atoms with Gasteiger partial charge in [0.15, 0.2) is 0 Å². The number of hydrazine groups is 1. The van der Waals surface area contributed by atoms with Gasteiger partial charge < -0.3 is 9.15 Å². The van der Waals surface area contributed by atoms with Crippen molar-refractivity contribution in [1.82, 2.24) is 5.43 Å². The van der Waals surface area contributed by atoms with E-state index >= 15 is 0 Å². The van der Waals surface area contributed by atoms with Gasteiger partial charge in [0, 0.05) is 0 Å². The van der Waals surface area contributed by atoms with Crippen molar-refractivity contribution in [3.63, 3.8) is 0 Å². The molecule has 100 valence electrons. The number of rotatable bonds is 4. The van der Waals surface area contributed by atoms with E-state index in [-0.39, 0.29) is 5.91 Å². The minimum atomic E-state index is -0.348. The Labute approximate surface area is 107 Å². The molecular weight excluding hydrogens is 232 g/mol. The third kappa shape index (κ3) is 3.58. The van der Waals surface area contributed by atoms with Crippen LogP contribution in [0.15, 0.2) is 16.7 Å². The van der Waals surface area contributed by atoms with Gasteiger partial charge in [-0.15, -0.1) is 0 Å². The molecule has 3 N–H and O–H groups in total. The van der Waals surface area contributed by atoms with Crippen LogP contribution in [-0.4, -0.2) is 12.0 Å². The van der Waals surface area contributed by atoms with Gasteiger partial charge in [-0.3, -0.25) is 10.2 Å². The number of ether oxygens (including phenoxy) is 1. The van der Waals surface area contributed by atoms with Crippen LogP contribution in [0, 0.1) is 0 Å². The molecule has 0 unspecified atom stereocenters. The molecule has 5 nitrogen and oxygen atoms in total. The molecule has 1 fully saturated rings. The summed E-state index contributed by atoms with van der Waals surface area (Å²) < 4.78 is 11.1. The Balaban J connectivity index is 1.82. The molecule has 0 spiro atoms. The molecule has 1 aromatic rings. The van der Waals surface area contributed by atoms with E-state index in [2.05, 4.69) is 5.43 Å². The maximum Gasteiger partial charge on any atom is 0.268 e. The quantitative estimate of drug-likeness (QED) is 0.372. The van der Waals surface area contributed by atoms with E-state index in [1.807, 2.05) is 0 Å². The van der Waals surface area contributed by atoms with Crippen molar-refractivity contribution in [3.05, 3.63) is 23.7 Å². The zero-order valence-corrected chi connectivity index (χ0v) is 10.5. The molecule has 0 atom stereocenters. The van der Waals surface area contributed by atoms with Crippen molar-refractivity contribution >= 4 is 5.91 Å². The number of carbonyl (C=O) groups is 1. The van der Waals surface area contributed by atoms with Gasteiger partial charge in [-0.1, -0.05) is 25.7 Å². The van der Waals surface area contributed by atoms with E-state index in [4.69, 9.17) is 15.0 Å². The molecule has 1 aliphatic rings. The fourth-order valence-corrected chi connectivity index (χ4v) is 2.27. The summed E-state index contributed by atoms with van der Waals surface area (Å²) in [5.74, 6) is 5.37. The highest BCUT2D eigenvalue weighted by Gasteiger charge is 2.14. The molecule has 1 heterocycles. The van der Waals surface area contributed by atoms with Crippen molar-refractivity contribution in [1.29, 1.82) is 0 Å². The average molecular weight is 252 g/mol. The van der Waals surface area contributed by atoms with Crippen LogP contribution in [0.4, 0.5) is 0 Å². The van der Waals surface area contributed by atoms with E-state index < -0.39 is 0 Å². The summed E-state index contributed by atoms with van der Waals surface area (Å²) >= 11 is 0. The number of hydrogen-bond donors (Lipinski definition) is 2. The third-order valence-electron chi connectivity index (χ3n) is 3.31. The highest BCUT2D eigenvalue weighted by Crippen LogP contribution is 2.21. The van der Waals surface area contributed by atoms with E-state index in [0.717, 1.165) is 12.8 Å². The first kappa shape index (κ1) is 13.1. The van der Waals surface area contributed by atoms with Gasteiger partial charge in [0.25, 0.3) is 5.91 Å². The molecular formula is C13H20N2O3. The molecule has 1 aliphatic carbocycles. The summed E-state index contributed by atoms with van der Waals surface area (Å²) in [6, 6.07) is 1.67. The summed E-state index contributed by atoms with van der Waals surface area (Å²) in [7, 11) is 0. The molecule has 0 aromatic carbocycles. The van der Waals surface area contributed by atoms with E-state index in [1.165, 1.54) is 31.9 Å². The van der Waals surface area contributed by atoms with Crippen molar-refractivity contribution in [2.45, 2.75) is 51.2 Å². The van der Waals surface area contributed by atoms with Crippen LogP contribution in [0.5, 0.6) is 0 Å². The first-order chi connectivity index (χ1) is 8.79. The van der Waals surface area contributed by atoms with Crippen LogP contribution in [0.1, 0.15) is 54.6 Å². The molecule has 1 saturated carbocycles. The van der Waals surface area contributed by atoms with Gasteiger partial charge in [-0.25, -0.2) is 5.84 Å². The van der Waals surface area contributed by atoms with E-state index in [9.17, 15) is 4.79 Å². The summed E-state index contributed by atoms with van der Waals surface area (Å²) in [6.07, 6.45) is 9.06. The Morgan fingerprint density at radius 1 is 1.39 bits per heavy atom. The largest absolute Gasteiger partial charge is 0.466 e. The first-order valence-corrected chi connectivity index (χ1v) is 6.49. The highest BCUT2D eigenvalue weighted by molar-refractivity contribution is 5.93. The minimum Gasteiger partial charge on any atom is -0.466 e. The van der Waals surface area contributed by atoms with Crippen molar-refractivity contribution in [3.8, 4) is 0 Å². The molecule has 0 saturated heterocycles. The molecule has 1 amide bonds. The van der Waals surface area contributed by atoms with Crippen LogP contribution in [0.2, 0.25) is 0 Å². The highest BCUT2D eigenvalue weighted by atomic mass is 16.5. The topological polar surface area (TPSA) is 77.5 Å². The summed E-state index contributed by atoms with van der Waals surface area (Å²) in [5.41, 5.74) is 2.50. The molecule has 1 aromatic heterocycles. The number of nitrogens with two attached hydrogens (primary N) is 1. The van der Waals surface area contributed by atoms with Crippen molar-refractivity contribution < 1.29 is 13.9 Å². The van der Waals surface area contributed by atoms with Gasteiger partial charge in [0.2, 0.25) is 0 Å². The lowest BCUT2D eigenvalue weighted by molar-refractivity contribution is 0.0220. The monoisotopic (exact) mass is 252 g/mol. The smallest absolute Gasteiger partial charge is 0.268 e. The van der Waals surface area contributed by atoms with Crippen LogP contribution >= 0.6 is 0 Å². The number of hydrogen-bond acceptors (Lipinski definition) is 4. The zero-order chi connectivity index (χ0) is 12.8. The Bertz CT molecular complexity index is 381. The number of amides is 1. The predicted molar refractivity (Wildman–Crippen MR) is 66.6 cm³/mol. The lowest BCUT2D eigenvalue weighted by Crippen LogP contribution is -2.29. The fraction of sp³-hybridized carbons (Fsp3) is 0.615. The van der Waals surface area contributed by atoms with Gasteiger partial charge in [0.05, 0.1) is 11.7 Å². The standard InChI is InChI=1S/C13H20N2O3/c14-15-13(16)10-7-12(17-8-10)9-18-11-5-3-1-2-4-6-11/h7-8,11H,1-6,9,14H2,(H,15,16). The Kier molecular flexibility index (Phi) is 4.78.